The molecule has 1 rings (SSSR count). The molecule has 0 aromatic heterocycles. The van der Waals surface area contributed by atoms with Gasteiger partial charge in [-0.15, -0.1) is 0 Å². The van der Waals surface area contributed by atoms with Crippen molar-refractivity contribution in [3.8, 4) is 0 Å². The third-order valence-corrected chi connectivity index (χ3v) is 2.92. The molecule has 2 atom stereocenters. The third kappa shape index (κ3) is 3.20. The normalized spacial score (nSPS) is 25.6. The predicted octanol–water partition coefficient (Wildman–Crippen LogP) is 2.46. The zero-order valence-electron chi connectivity index (χ0n) is 10.9. The number of aliphatic imine (C=N–C) groups is 1. The highest BCUT2D eigenvalue weighted by atomic mass is 16.5. The fourth-order valence-electron chi connectivity index (χ4n) is 1.68. The molecule has 1 aliphatic rings. The summed E-state index contributed by atoms with van der Waals surface area (Å²) in [4.78, 5) is 6.53. The minimum atomic E-state index is 0.141. The van der Waals surface area contributed by atoms with Gasteiger partial charge in [-0.3, -0.25) is 0 Å². The first-order valence-electron chi connectivity index (χ1n) is 5.76. The van der Waals surface area contributed by atoms with Gasteiger partial charge in [-0.1, -0.05) is 13.0 Å². The number of hydrogen-bond acceptors (Lipinski definition) is 2. The van der Waals surface area contributed by atoms with E-state index in [1.54, 1.807) is 7.11 Å². The van der Waals surface area contributed by atoms with Crippen molar-refractivity contribution < 1.29 is 4.74 Å². The van der Waals surface area contributed by atoms with E-state index in [2.05, 4.69) is 37.9 Å². The van der Waals surface area contributed by atoms with Crippen LogP contribution in [0.3, 0.4) is 0 Å². The van der Waals surface area contributed by atoms with Crippen LogP contribution in [-0.2, 0) is 4.74 Å². The van der Waals surface area contributed by atoms with Gasteiger partial charge in [0, 0.05) is 26.6 Å². The summed E-state index contributed by atoms with van der Waals surface area (Å²) in [5.41, 5.74) is 2.24. The average Bonchev–Trinajstić information content (AvgIpc) is 2.27. The van der Waals surface area contributed by atoms with Gasteiger partial charge < -0.3 is 9.64 Å². The fraction of sp³-hybridized carbons (Fsp3) is 0.615. The largest absolute Gasteiger partial charge is 0.377 e. The van der Waals surface area contributed by atoms with Crippen molar-refractivity contribution in [1.29, 1.82) is 0 Å². The van der Waals surface area contributed by atoms with E-state index in [1.165, 1.54) is 5.57 Å². The topological polar surface area (TPSA) is 24.8 Å². The summed E-state index contributed by atoms with van der Waals surface area (Å²) in [6, 6.07) is 0. The van der Waals surface area contributed by atoms with E-state index in [1.807, 2.05) is 18.3 Å². The van der Waals surface area contributed by atoms with Gasteiger partial charge in [0.05, 0.1) is 18.1 Å². The van der Waals surface area contributed by atoms with Gasteiger partial charge in [0.25, 0.3) is 0 Å². The molecule has 16 heavy (non-hydrogen) atoms. The maximum atomic E-state index is 5.41. The molecule has 3 nitrogen and oxygen atoms in total. The molecule has 0 N–H and O–H groups in total. The van der Waals surface area contributed by atoms with Crippen molar-refractivity contribution in [2.45, 2.75) is 26.9 Å². The van der Waals surface area contributed by atoms with Crippen LogP contribution < -0.4 is 0 Å². The Kier molecular flexibility index (Phi) is 4.74. The van der Waals surface area contributed by atoms with E-state index >= 15 is 0 Å². The smallest absolute Gasteiger partial charge is 0.0909 e. The van der Waals surface area contributed by atoms with Gasteiger partial charge in [0.15, 0.2) is 0 Å². The van der Waals surface area contributed by atoms with Crippen molar-refractivity contribution in [3.63, 3.8) is 0 Å². The lowest BCUT2D eigenvalue weighted by Crippen LogP contribution is -2.21. The maximum Gasteiger partial charge on any atom is 0.0909 e. The second kappa shape index (κ2) is 5.85. The molecule has 0 heterocycles. The molecule has 0 spiro atoms. The van der Waals surface area contributed by atoms with E-state index in [0.29, 0.717) is 5.92 Å². The molecule has 0 aromatic carbocycles. The van der Waals surface area contributed by atoms with Crippen molar-refractivity contribution in [1.82, 2.24) is 4.90 Å². The van der Waals surface area contributed by atoms with E-state index in [4.69, 9.17) is 4.74 Å². The van der Waals surface area contributed by atoms with Crippen LogP contribution in [0.4, 0.5) is 0 Å². The first-order valence-corrected chi connectivity index (χ1v) is 5.76. The number of allylic oxidation sites excluding steroid dienone is 1. The Morgan fingerprint density at radius 1 is 1.50 bits per heavy atom. The number of nitrogens with zero attached hydrogens (tertiary/aromatic N) is 2. The fourth-order valence-corrected chi connectivity index (χ4v) is 1.68. The van der Waals surface area contributed by atoms with Gasteiger partial charge in [-0.25, -0.2) is 4.99 Å². The van der Waals surface area contributed by atoms with Gasteiger partial charge in [-0.2, -0.15) is 0 Å². The Hall–Kier alpha value is -1.09. The highest BCUT2D eigenvalue weighted by Gasteiger charge is 2.18. The van der Waals surface area contributed by atoms with Crippen LogP contribution in [0.1, 0.15) is 20.8 Å². The zero-order chi connectivity index (χ0) is 12.1. The molecular weight excluding hydrogens is 200 g/mol. The lowest BCUT2D eigenvalue weighted by atomic mass is 9.94. The van der Waals surface area contributed by atoms with Crippen LogP contribution >= 0.6 is 0 Å². The van der Waals surface area contributed by atoms with E-state index in [9.17, 15) is 0 Å². The van der Waals surface area contributed by atoms with Crippen LogP contribution in [0.25, 0.3) is 0 Å². The number of rotatable bonds is 4. The SMILES string of the molecule is CCN(C)C=NC1=CC(OC)C(C)C=C1C. The molecule has 0 saturated carbocycles. The second-order valence-corrected chi connectivity index (χ2v) is 4.28. The third-order valence-electron chi connectivity index (χ3n) is 2.92. The van der Waals surface area contributed by atoms with Crippen LogP contribution in [0.2, 0.25) is 0 Å². The molecule has 90 valence electrons. The average molecular weight is 222 g/mol. The van der Waals surface area contributed by atoms with Gasteiger partial charge in [0.1, 0.15) is 0 Å². The van der Waals surface area contributed by atoms with Crippen molar-refractivity contribution in [2.75, 3.05) is 20.7 Å². The van der Waals surface area contributed by atoms with E-state index < -0.39 is 0 Å². The minimum Gasteiger partial charge on any atom is -0.377 e. The summed E-state index contributed by atoms with van der Waals surface area (Å²) in [6.45, 7) is 7.32. The van der Waals surface area contributed by atoms with Crippen molar-refractivity contribution in [3.05, 3.63) is 23.4 Å². The Balaban J connectivity index is 2.79. The first kappa shape index (κ1) is 13.0. The van der Waals surface area contributed by atoms with E-state index in [-0.39, 0.29) is 6.10 Å². The van der Waals surface area contributed by atoms with Crippen molar-refractivity contribution >= 4 is 6.34 Å². The Morgan fingerprint density at radius 2 is 2.19 bits per heavy atom. The lowest BCUT2D eigenvalue weighted by molar-refractivity contribution is 0.110. The zero-order valence-corrected chi connectivity index (χ0v) is 10.9. The van der Waals surface area contributed by atoms with Crippen LogP contribution in [-0.4, -0.2) is 38.0 Å². The molecular formula is C13H22N2O. The molecule has 1 aliphatic carbocycles. The van der Waals surface area contributed by atoms with E-state index in [0.717, 1.165) is 12.2 Å². The highest BCUT2D eigenvalue weighted by Crippen LogP contribution is 2.25. The molecule has 2 unspecified atom stereocenters. The predicted molar refractivity (Wildman–Crippen MR) is 68.6 cm³/mol. The van der Waals surface area contributed by atoms with Gasteiger partial charge >= 0.3 is 0 Å². The summed E-state index contributed by atoms with van der Waals surface area (Å²) >= 11 is 0. The Labute approximate surface area is 98.5 Å². The monoisotopic (exact) mass is 222 g/mol. The highest BCUT2D eigenvalue weighted by molar-refractivity contribution is 5.58. The second-order valence-electron chi connectivity index (χ2n) is 4.28. The van der Waals surface area contributed by atoms with Crippen LogP contribution in [0, 0.1) is 5.92 Å². The van der Waals surface area contributed by atoms with Crippen LogP contribution in [0.5, 0.6) is 0 Å². The molecule has 0 aromatic rings. The quantitative estimate of drug-likeness (QED) is 0.539. The Morgan fingerprint density at radius 3 is 2.75 bits per heavy atom. The van der Waals surface area contributed by atoms with Crippen molar-refractivity contribution in [2.24, 2.45) is 10.9 Å². The molecule has 0 saturated heterocycles. The standard InChI is InChI=1S/C13H22N2O/c1-6-15(4)9-14-12-8-13(16-5)11(3)7-10(12)2/h7-9,11,13H,6H2,1-5H3. The summed E-state index contributed by atoms with van der Waals surface area (Å²) in [5.74, 6) is 0.424. The number of hydrogen-bond donors (Lipinski definition) is 0. The molecule has 0 fully saturated rings. The minimum absolute atomic E-state index is 0.141. The summed E-state index contributed by atoms with van der Waals surface area (Å²) in [7, 11) is 3.76. The summed E-state index contributed by atoms with van der Waals surface area (Å²) in [6.07, 6.45) is 6.32. The number of ether oxygens (including phenoxy) is 1. The molecule has 3 heteroatoms. The first-order chi connectivity index (χ1) is 7.58. The van der Waals surface area contributed by atoms with Gasteiger partial charge in [-0.05, 0) is 25.5 Å². The number of methoxy groups -OCH3 is 1. The molecule has 0 bridgehead atoms. The Bertz CT molecular complexity index is 318. The maximum absolute atomic E-state index is 5.41. The summed E-state index contributed by atoms with van der Waals surface area (Å²) < 4.78 is 5.41. The summed E-state index contributed by atoms with van der Waals surface area (Å²) in [5, 5.41) is 0. The van der Waals surface area contributed by atoms with Gasteiger partial charge in [0.2, 0.25) is 0 Å². The molecule has 0 radical (unpaired) electrons. The molecule has 0 amide bonds. The lowest BCUT2D eigenvalue weighted by Gasteiger charge is -2.23. The van der Waals surface area contributed by atoms with Crippen LogP contribution in [0.15, 0.2) is 28.4 Å². The molecule has 0 aliphatic heterocycles.